The van der Waals surface area contributed by atoms with Gasteiger partial charge in [0.2, 0.25) is 0 Å². The van der Waals surface area contributed by atoms with Crippen LogP contribution in [0.1, 0.15) is 53.1 Å². The van der Waals surface area contributed by atoms with E-state index in [4.69, 9.17) is 15.6 Å². The molecule has 1 saturated heterocycles. The molecule has 12 heteroatoms. The molecule has 2 heterocycles. The Morgan fingerprint density at radius 1 is 0.958 bits per heavy atom. The van der Waals surface area contributed by atoms with E-state index in [-0.39, 0.29) is 5.91 Å². The van der Waals surface area contributed by atoms with Gasteiger partial charge in [0.25, 0.3) is 5.91 Å². The molecule has 1 aliphatic heterocycles. The molecule has 1 aliphatic carbocycles. The molecule has 2 fully saturated rings. The number of nitrogen functional groups attached to an aromatic ring is 1. The number of nitrogens with one attached hydrogen (secondary N) is 2. The van der Waals surface area contributed by atoms with E-state index < -0.39 is 12.1 Å². The number of amides is 1. The Hall–Kier alpha value is -4.68. The van der Waals surface area contributed by atoms with Crippen LogP contribution in [-0.4, -0.2) is 70.1 Å². The number of nitrogens with zero attached hydrogens (tertiary/aromatic N) is 3. The smallest absolute Gasteiger partial charge is 0.475 e. The van der Waals surface area contributed by atoms with Crippen LogP contribution in [0.15, 0.2) is 91.3 Å². The topological polar surface area (TPSA) is 126 Å². The van der Waals surface area contributed by atoms with E-state index in [1.54, 1.807) is 6.07 Å². The highest BCUT2D eigenvalue weighted by Crippen LogP contribution is 2.41. The van der Waals surface area contributed by atoms with Crippen molar-refractivity contribution in [1.82, 2.24) is 20.0 Å². The summed E-state index contributed by atoms with van der Waals surface area (Å²) in [5, 5.41) is 18.4. The number of hydrogen-bond donors (Lipinski definition) is 4. The summed E-state index contributed by atoms with van der Waals surface area (Å²) in [4.78, 5) is 24.1. The van der Waals surface area contributed by atoms with Crippen LogP contribution in [0.2, 0.25) is 0 Å². The maximum absolute atomic E-state index is 12.6. The number of carboxylic acid groups (broad SMARTS) is 1. The standard InChI is InChI=1S/C34H40N6O.C2HF3O2/c35-31-10-4-5-11-32(31)38-34(41)27-14-12-25(13-15-27)7-6-18-39-19-16-26(17-20-39)22-36-33-21-30(33)28-23-37-40(24-28)29-8-2-1-3-9-29;3-2(4,5)1(6)7/h1-5,8-15,23-24,26,30,33,36H,6-7,16-22,35H2,(H,38,41);(H,6,7). The average molecular weight is 663 g/mol. The Labute approximate surface area is 277 Å². The molecule has 5 N–H and O–H groups in total. The van der Waals surface area contributed by atoms with Gasteiger partial charge in [-0.05, 0) is 112 Å². The Balaban J connectivity index is 0.000000582. The first-order valence-corrected chi connectivity index (χ1v) is 16.2. The quantitative estimate of drug-likeness (QED) is 0.142. The number of carboxylic acids is 1. The van der Waals surface area contributed by atoms with Crippen LogP contribution in [0.25, 0.3) is 5.69 Å². The molecular weight excluding hydrogens is 621 g/mol. The van der Waals surface area contributed by atoms with Crippen molar-refractivity contribution < 1.29 is 27.9 Å². The zero-order chi connectivity index (χ0) is 34.1. The number of likely N-dealkylation sites (tertiary alicyclic amines) is 1. The van der Waals surface area contributed by atoms with Gasteiger partial charge in [-0.2, -0.15) is 18.3 Å². The fraction of sp³-hybridized carbons (Fsp3) is 0.361. The fourth-order valence-corrected chi connectivity index (χ4v) is 5.91. The number of alkyl halides is 3. The lowest BCUT2D eigenvalue weighted by Crippen LogP contribution is -2.38. The molecule has 4 aromatic rings. The van der Waals surface area contributed by atoms with Crippen LogP contribution in [0.3, 0.4) is 0 Å². The van der Waals surface area contributed by atoms with Gasteiger partial charge in [-0.3, -0.25) is 4.79 Å². The summed E-state index contributed by atoms with van der Waals surface area (Å²) in [6, 6.07) is 26.2. The number of aryl methyl sites for hydroxylation is 1. The molecule has 1 amide bonds. The lowest BCUT2D eigenvalue weighted by molar-refractivity contribution is -0.192. The highest BCUT2D eigenvalue weighted by Gasteiger charge is 2.39. The van der Waals surface area contributed by atoms with Crippen molar-refractivity contribution in [2.45, 2.75) is 50.2 Å². The van der Waals surface area contributed by atoms with E-state index in [1.807, 2.05) is 47.3 Å². The molecule has 0 radical (unpaired) electrons. The lowest BCUT2D eigenvalue weighted by atomic mass is 9.96. The van der Waals surface area contributed by atoms with Gasteiger partial charge in [0.1, 0.15) is 0 Å². The molecule has 9 nitrogen and oxygen atoms in total. The Morgan fingerprint density at radius 3 is 2.29 bits per heavy atom. The zero-order valence-corrected chi connectivity index (χ0v) is 26.6. The summed E-state index contributed by atoms with van der Waals surface area (Å²) in [5.74, 6) is -1.53. The van der Waals surface area contributed by atoms with Crippen LogP contribution < -0.4 is 16.4 Å². The SMILES string of the molecule is Nc1ccccc1NC(=O)c1ccc(CCCN2CCC(CNC3CC3c3cnn(-c4ccccc4)c3)CC2)cc1.O=C(O)C(F)(F)F. The van der Waals surface area contributed by atoms with Crippen molar-refractivity contribution in [3.8, 4) is 5.69 Å². The second kappa shape index (κ2) is 15.9. The number of nitrogens with two attached hydrogens (primary N) is 1. The van der Waals surface area contributed by atoms with Gasteiger partial charge in [-0.1, -0.05) is 42.5 Å². The van der Waals surface area contributed by atoms with Gasteiger partial charge in [0.15, 0.2) is 0 Å². The molecule has 48 heavy (non-hydrogen) atoms. The molecule has 0 bridgehead atoms. The Morgan fingerprint density at radius 2 is 1.62 bits per heavy atom. The second-order valence-corrected chi connectivity index (χ2v) is 12.3. The Kier molecular flexibility index (Phi) is 11.5. The summed E-state index contributed by atoms with van der Waals surface area (Å²) in [5.41, 5.74) is 11.5. The Bertz CT molecular complexity index is 1640. The number of aromatic nitrogens is 2. The number of rotatable bonds is 11. The molecule has 0 spiro atoms. The second-order valence-electron chi connectivity index (χ2n) is 12.3. The van der Waals surface area contributed by atoms with E-state index in [0.717, 1.165) is 37.5 Å². The van der Waals surface area contributed by atoms with E-state index >= 15 is 0 Å². The highest BCUT2D eigenvalue weighted by atomic mass is 19.4. The minimum atomic E-state index is -5.08. The fourth-order valence-electron chi connectivity index (χ4n) is 5.91. The number of anilines is 2. The normalized spacial score (nSPS) is 18.1. The number of benzene rings is 3. The molecule has 3 aromatic carbocycles. The first kappa shape index (κ1) is 34.6. The van der Waals surface area contributed by atoms with Crippen molar-refractivity contribution in [3.63, 3.8) is 0 Å². The molecule has 2 aliphatic rings. The molecule has 2 unspecified atom stereocenters. The van der Waals surface area contributed by atoms with Crippen molar-refractivity contribution in [2.24, 2.45) is 5.92 Å². The molecular formula is C36H41F3N6O3. The van der Waals surface area contributed by atoms with Gasteiger partial charge in [-0.15, -0.1) is 0 Å². The van der Waals surface area contributed by atoms with Crippen LogP contribution in [0, 0.1) is 5.92 Å². The van der Waals surface area contributed by atoms with E-state index in [9.17, 15) is 18.0 Å². The summed E-state index contributed by atoms with van der Waals surface area (Å²) < 4.78 is 33.7. The van der Waals surface area contributed by atoms with Crippen LogP contribution in [-0.2, 0) is 11.2 Å². The molecule has 1 aromatic heterocycles. The predicted molar refractivity (Wildman–Crippen MR) is 179 cm³/mol. The van der Waals surface area contributed by atoms with E-state index in [2.05, 4.69) is 63.2 Å². The number of halogens is 3. The minimum Gasteiger partial charge on any atom is -0.475 e. The number of para-hydroxylation sites is 3. The van der Waals surface area contributed by atoms with E-state index in [1.165, 1.54) is 43.5 Å². The first-order valence-electron chi connectivity index (χ1n) is 16.2. The van der Waals surface area contributed by atoms with Crippen molar-refractivity contribution in [3.05, 3.63) is 108 Å². The summed E-state index contributed by atoms with van der Waals surface area (Å²) >= 11 is 0. The average Bonchev–Trinajstić information content (AvgIpc) is 3.69. The maximum Gasteiger partial charge on any atom is 0.490 e. The monoisotopic (exact) mass is 662 g/mol. The number of aliphatic carboxylic acids is 1. The third-order valence-electron chi connectivity index (χ3n) is 8.83. The van der Waals surface area contributed by atoms with Crippen molar-refractivity contribution in [1.29, 1.82) is 0 Å². The van der Waals surface area contributed by atoms with Gasteiger partial charge in [0.05, 0.1) is 23.3 Å². The summed E-state index contributed by atoms with van der Waals surface area (Å²) in [7, 11) is 0. The minimum absolute atomic E-state index is 0.136. The number of carbonyl (C=O) groups is 2. The summed E-state index contributed by atoms with van der Waals surface area (Å²) in [6.45, 7) is 4.63. The number of piperidine rings is 1. The molecule has 1 saturated carbocycles. The van der Waals surface area contributed by atoms with E-state index in [0.29, 0.717) is 28.9 Å². The highest BCUT2D eigenvalue weighted by molar-refractivity contribution is 6.05. The molecule has 2 atom stereocenters. The third-order valence-corrected chi connectivity index (χ3v) is 8.83. The predicted octanol–water partition coefficient (Wildman–Crippen LogP) is 6.13. The zero-order valence-electron chi connectivity index (χ0n) is 26.6. The summed E-state index contributed by atoms with van der Waals surface area (Å²) in [6.07, 6.45) is 5.05. The van der Waals surface area contributed by atoms with Crippen molar-refractivity contribution in [2.75, 3.05) is 37.2 Å². The lowest BCUT2D eigenvalue weighted by Gasteiger charge is -2.32. The van der Waals surface area contributed by atoms with Gasteiger partial charge < -0.3 is 26.4 Å². The molecule has 254 valence electrons. The van der Waals surface area contributed by atoms with Gasteiger partial charge >= 0.3 is 12.1 Å². The van der Waals surface area contributed by atoms with Gasteiger partial charge in [0, 0.05) is 23.7 Å². The van der Waals surface area contributed by atoms with Gasteiger partial charge in [-0.25, -0.2) is 9.48 Å². The van der Waals surface area contributed by atoms with Crippen molar-refractivity contribution >= 4 is 23.3 Å². The molecule has 6 rings (SSSR count). The van der Waals surface area contributed by atoms with Crippen LogP contribution in [0.4, 0.5) is 24.5 Å². The first-order chi connectivity index (χ1) is 23.1. The number of carbonyl (C=O) groups excluding carboxylic acids is 1. The van der Waals surface area contributed by atoms with Crippen LogP contribution >= 0.6 is 0 Å². The maximum atomic E-state index is 12.6. The largest absolute Gasteiger partial charge is 0.490 e. The third kappa shape index (κ3) is 9.91. The van der Waals surface area contributed by atoms with Crippen LogP contribution in [0.5, 0.6) is 0 Å². The number of hydrogen-bond acceptors (Lipinski definition) is 6.